The van der Waals surface area contributed by atoms with Gasteiger partial charge in [0, 0.05) is 15.6 Å². The highest BCUT2D eigenvalue weighted by Gasteiger charge is 2.22. The molecule has 6 heteroatoms. The lowest BCUT2D eigenvalue weighted by molar-refractivity contribution is 0.342. The van der Waals surface area contributed by atoms with E-state index in [4.69, 9.17) is 0 Å². The Morgan fingerprint density at radius 3 is 2.80 bits per heavy atom. The minimum absolute atomic E-state index is 0.668. The Morgan fingerprint density at radius 1 is 1.47 bits per heavy atom. The fraction of sp³-hybridized carbons (Fsp3) is 0.222. The molecule has 1 aliphatic carbocycles. The molecule has 0 unspecified atom stereocenters. The molecule has 1 aliphatic rings. The Kier molecular flexibility index (Phi) is 2.72. The molecule has 0 fully saturated rings. The average Bonchev–Trinajstić information content (AvgIpc) is 2.06. The molecule has 0 heterocycles. The highest BCUT2D eigenvalue weighted by atomic mass is 127. The maximum Gasteiger partial charge on any atom is 0.325 e. The smallest absolute Gasteiger partial charge is 0.268 e. The van der Waals surface area contributed by atoms with E-state index in [1.165, 1.54) is 5.56 Å². The zero-order chi connectivity index (χ0) is 11.1. The monoisotopic (exact) mass is 337 g/mol. The summed E-state index contributed by atoms with van der Waals surface area (Å²) >= 11 is 2.23. The van der Waals surface area contributed by atoms with Gasteiger partial charge in [-0.1, -0.05) is 11.2 Å². The number of halogens is 1. The summed E-state index contributed by atoms with van der Waals surface area (Å²) in [7, 11) is -3.50. The van der Waals surface area contributed by atoms with Gasteiger partial charge in [-0.05, 0) is 40.3 Å². The van der Waals surface area contributed by atoms with Crippen molar-refractivity contribution in [1.29, 1.82) is 0 Å². The molecule has 15 heavy (non-hydrogen) atoms. The van der Waals surface area contributed by atoms with Crippen LogP contribution in [-0.4, -0.2) is 20.4 Å². The lowest BCUT2D eigenvalue weighted by atomic mass is 9.87. The van der Waals surface area contributed by atoms with Crippen LogP contribution in [0.2, 0.25) is 0 Å². The van der Waals surface area contributed by atoms with Crippen molar-refractivity contribution < 1.29 is 12.7 Å². The predicted octanol–water partition coefficient (Wildman–Crippen LogP) is 1.53. The molecule has 80 valence electrons. The summed E-state index contributed by atoms with van der Waals surface area (Å²) in [5, 5.41) is 3.60. The Morgan fingerprint density at radius 2 is 2.20 bits per heavy atom. The number of benzene rings is 1. The molecule has 0 bridgehead atoms. The van der Waals surface area contributed by atoms with E-state index < -0.39 is 10.1 Å². The third-order valence-corrected chi connectivity index (χ3v) is 3.04. The van der Waals surface area contributed by atoms with E-state index in [0.717, 1.165) is 15.4 Å². The average molecular weight is 337 g/mol. The van der Waals surface area contributed by atoms with Gasteiger partial charge in [0.15, 0.2) is 0 Å². The van der Waals surface area contributed by atoms with Crippen molar-refractivity contribution in [2.45, 2.75) is 6.42 Å². The van der Waals surface area contributed by atoms with E-state index in [1.807, 2.05) is 12.1 Å². The standard InChI is InChI=1S/C9H8INO3S/c1-15(12,13)14-11-9-5-6-4-7(10)2-3-8(6)9/h2-4H,5H2,1H3. The second-order valence-electron chi connectivity index (χ2n) is 3.29. The molecule has 0 saturated heterocycles. The van der Waals surface area contributed by atoms with Crippen LogP contribution >= 0.6 is 22.6 Å². The predicted molar refractivity (Wildman–Crippen MR) is 65.3 cm³/mol. The van der Waals surface area contributed by atoms with Gasteiger partial charge >= 0.3 is 10.1 Å². The molecule has 0 N–H and O–H groups in total. The van der Waals surface area contributed by atoms with Crippen molar-refractivity contribution in [1.82, 2.24) is 0 Å². The Hall–Kier alpha value is -0.630. The van der Waals surface area contributed by atoms with E-state index >= 15 is 0 Å². The first-order chi connectivity index (χ1) is 6.96. The molecule has 1 aromatic rings. The molecule has 0 amide bonds. The molecular weight excluding hydrogens is 329 g/mol. The maximum absolute atomic E-state index is 10.7. The second kappa shape index (κ2) is 3.75. The van der Waals surface area contributed by atoms with Gasteiger partial charge in [-0.3, -0.25) is 4.28 Å². The number of hydrogen-bond donors (Lipinski definition) is 0. The molecule has 1 aromatic carbocycles. The van der Waals surface area contributed by atoms with E-state index in [0.29, 0.717) is 12.1 Å². The van der Waals surface area contributed by atoms with E-state index in [-0.39, 0.29) is 0 Å². The molecule has 0 saturated carbocycles. The van der Waals surface area contributed by atoms with Crippen LogP contribution in [0.1, 0.15) is 11.1 Å². The number of nitrogens with zero attached hydrogens (tertiary/aromatic N) is 1. The summed E-state index contributed by atoms with van der Waals surface area (Å²) in [5.74, 6) is 0. The van der Waals surface area contributed by atoms with Crippen LogP contribution in [0.3, 0.4) is 0 Å². The van der Waals surface area contributed by atoms with Gasteiger partial charge in [0.05, 0.1) is 12.0 Å². The normalized spacial score (nSPS) is 17.1. The van der Waals surface area contributed by atoms with E-state index in [1.54, 1.807) is 0 Å². The summed E-state index contributed by atoms with van der Waals surface area (Å²) < 4.78 is 27.0. The summed E-state index contributed by atoms with van der Waals surface area (Å²) in [5.41, 5.74) is 2.84. The first kappa shape index (κ1) is 10.9. The topological polar surface area (TPSA) is 55.7 Å². The first-order valence-electron chi connectivity index (χ1n) is 4.20. The lowest BCUT2D eigenvalue weighted by Crippen LogP contribution is -2.21. The van der Waals surface area contributed by atoms with Crippen molar-refractivity contribution in [3.8, 4) is 0 Å². The second-order valence-corrected chi connectivity index (χ2v) is 6.10. The highest BCUT2D eigenvalue weighted by molar-refractivity contribution is 14.1. The number of hydrogen-bond acceptors (Lipinski definition) is 4. The third-order valence-electron chi connectivity index (χ3n) is 2.02. The molecule has 4 nitrogen and oxygen atoms in total. The van der Waals surface area contributed by atoms with Crippen LogP contribution in [0.25, 0.3) is 0 Å². The van der Waals surface area contributed by atoms with Gasteiger partial charge in [0.25, 0.3) is 0 Å². The van der Waals surface area contributed by atoms with Crippen LogP contribution < -0.4 is 0 Å². The lowest BCUT2D eigenvalue weighted by Gasteiger charge is -2.20. The van der Waals surface area contributed by atoms with Crippen LogP contribution in [-0.2, 0) is 20.8 Å². The van der Waals surface area contributed by atoms with Crippen LogP contribution in [0.5, 0.6) is 0 Å². The maximum atomic E-state index is 10.7. The van der Waals surface area contributed by atoms with Crippen LogP contribution in [0.15, 0.2) is 23.4 Å². The molecular formula is C9H8INO3S. The number of rotatable bonds is 2. The van der Waals surface area contributed by atoms with Gasteiger partial charge in [0.2, 0.25) is 0 Å². The summed E-state index contributed by atoms with van der Waals surface area (Å²) in [6.07, 6.45) is 1.65. The fourth-order valence-corrected chi connectivity index (χ4v) is 2.13. The van der Waals surface area contributed by atoms with Crippen LogP contribution in [0.4, 0.5) is 0 Å². The van der Waals surface area contributed by atoms with Crippen molar-refractivity contribution in [3.05, 3.63) is 32.9 Å². The first-order valence-corrected chi connectivity index (χ1v) is 7.09. The number of fused-ring (bicyclic) bond motifs is 1. The molecule has 0 spiro atoms. The van der Waals surface area contributed by atoms with Gasteiger partial charge in [-0.25, -0.2) is 0 Å². The number of oxime groups is 1. The van der Waals surface area contributed by atoms with Crippen molar-refractivity contribution in [2.75, 3.05) is 6.26 Å². The summed E-state index contributed by atoms with van der Waals surface area (Å²) in [6.45, 7) is 0. The summed E-state index contributed by atoms with van der Waals surface area (Å²) in [4.78, 5) is 0. The van der Waals surface area contributed by atoms with Crippen molar-refractivity contribution >= 4 is 38.4 Å². The minimum atomic E-state index is -3.50. The quantitative estimate of drug-likeness (QED) is 0.608. The SMILES string of the molecule is CS(=O)(=O)ON=C1Cc2cc(I)ccc21. The Labute approximate surface area is 102 Å². The van der Waals surface area contributed by atoms with Crippen molar-refractivity contribution in [3.63, 3.8) is 0 Å². The molecule has 0 atom stereocenters. The molecule has 0 aromatic heterocycles. The van der Waals surface area contributed by atoms with Gasteiger partial charge in [0.1, 0.15) is 0 Å². The Bertz CT molecular complexity index is 536. The van der Waals surface area contributed by atoms with E-state index in [9.17, 15) is 8.42 Å². The molecule has 2 rings (SSSR count). The van der Waals surface area contributed by atoms with E-state index in [2.05, 4.69) is 38.1 Å². The van der Waals surface area contributed by atoms with Gasteiger partial charge < -0.3 is 0 Å². The van der Waals surface area contributed by atoms with Crippen molar-refractivity contribution in [2.24, 2.45) is 5.16 Å². The van der Waals surface area contributed by atoms with Gasteiger partial charge in [-0.2, -0.15) is 8.42 Å². The minimum Gasteiger partial charge on any atom is -0.268 e. The zero-order valence-corrected chi connectivity index (χ0v) is 10.9. The third kappa shape index (κ3) is 2.49. The van der Waals surface area contributed by atoms with Gasteiger partial charge in [-0.15, -0.1) is 0 Å². The fourth-order valence-electron chi connectivity index (χ4n) is 1.35. The Balaban J connectivity index is 2.22. The largest absolute Gasteiger partial charge is 0.325 e. The highest BCUT2D eigenvalue weighted by Crippen LogP contribution is 2.25. The summed E-state index contributed by atoms with van der Waals surface area (Å²) in [6, 6.07) is 5.93. The molecule has 0 radical (unpaired) electrons. The van der Waals surface area contributed by atoms with Crippen LogP contribution in [0, 0.1) is 3.57 Å². The zero-order valence-electron chi connectivity index (χ0n) is 7.90. The molecule has 0 aliphatic heterocycles.